The van der Waals surface area contributed by atoms with Gasteiger partial charge in [-0.1, -0.05) is 46.9 Å². The molecule has 2 aromatic rings. The Bertz CT molecular complexity index is 676. The molecule has 1 amide bonds. The van der Waals surface area contributed by atoms with E-state index in [9.17, 15) is 4.79 Å². The van der Waals surface area contributed by atoms with Crippen molar-refractivity contribution in [3.05, 3.63) is 63.1 Å². The molecule has 3 nitrogen and oxygen atoms in total. The van der Waals surface area contributed by atoms with Gasteiger partial charge in [-0.3, -0.25) is 4.79 Å². The lowest BCUT2D eigenvalue weighted by Gasteiger charge is -2.15. The van der Waals surface area contributed by atoms with Crippen LogP contribution < -0.4 is 10.1 Å². The maximum absolute atomic E-state index is 11.9. The van der Waals surface area contributed by atoms with Gasteiger partial charge >= 0.3 is 0 Å². The zero-order valence-electron chi connectivity index (χ0n) is 11.8. The fourth-order valence-corrected chi connectivity index (χ4v) is 2.34. The summed E-state index contributed by atoms with van der Waals surface area (Å²) in [6.07, 6.45) is 0. The zero-order chi connectivity index (χ0) is 16.1. The van der Waals surface area contributed by atoms with E-state index < -0.39 is 0 Å². The lowest BCUT2D eigenvalue weighted by atomic mass is 10.1. The zero-order valence-corrected chi connectivity index (χ0v) is 14.0. The summed E-state index contributed by atoms with van der Waals surface area (Å²) in [4.78, 5) is 11.9. The number of amides is 1. The normalized spacial score (nSPS) is 11.8. The number of nitrogens with one attached hydrogen (secondary N) is 1. The number of halogens is 3. The van der Waals surface area contributed by atoms with Crippen molar-refractivity contribution in [1.82, 2.24) is 5.32 Å². The molecule has 0 bridgehead atoms. The van der Waals surface area contributed by atoms with Gasteiger partial charge in [0.2, 0.25) is 0 Å². The topological polar surface area (TPSA) is 38.3 Å². The molecule has 0 aliphatic heterocycles. The molecule has 22 heavy (non-hydrogen) atoms. The smallest absolute Gasteiger partial charge is 0.258 e. The number of hydrogen-bond donors (Lipinski definition) is 1. The standard InChI is InChI=1S/C16H14Cl3NO2/c1-10(11-3-2-4-12(17)7-11)20-16(21)9-22-13-5-6-14(18)15(19)8-13/h2-8,10H,9H2,1H3,(H,20,21)/t10-/m0/s1. The van der Waals surface area contributed by atoms with Crippen molar-refractivity contribution in [2.24, 2.45) is 0 Å². The molecule has 6 heteroatoms. The molecular formula is C16H14Cl3NO2. The van der Waals surface area contributed by atoms with Crippen molar-refractivity contribution in [3.8, 4) is 5.75 Å². The first kappa shape index (κ1) is 16.9. The van der Waals surface area contributed by atoms with E-state index in [1.807, 2.05) is 25.1 Å². The quantitative estimate of drug-likeness (QED) is 0.825. The number of benzene rings is 2. The molecular weight excluding hydrogens is 345 g/mol. The number of carbonyl (C=O) groups is 1. The Hall–Kier alpha value is -1.42. The molecule has 1 N–H and O–H groups in total. The van der Waals surface area contributed by atoms with Gasteiger partial charge < -0.3 is 10.1 Å². The van der Waals surface area contributed by atoms with Crippen molar-refractivity contribution in [2.45, 2.75) is 13.0 Å². The van der Waals surface area contributed by atoms with Crippen molar-refractivity contribution in [1.29, 1.82) is 0 Å². The maximum Gasteiger partial charge on any atom is 0.258 e. The predicted molar refractivity (Wildman–Crippen MR) is 90.0 cm³/mol. The maximum atomic E-state index is 11.9. The van der Waals surface area contributed by atoms with E-state index in [-0.39, 0.29) is 18.6 Å². The van der Waals surface area contributed by atoms with E-state index in [1.54, 1.807) is 24.3 Å². The van der Waals surface area contributed by atoms with Crippen LogP contribution in [0.5, 0.6) is 5.75 Å². The number of ether oxygens (including phenoxy) is 1. The second kappa shape index (κ2) is 7.73. The molecule has 0 unspecified atom stereocenters. The summed E-state index contributed by atoms with van der Waals surface area (Å²) in [6.45, 7) is 1.77. The highest BCUT2D eigenvalue weighted by Crippen LogP contribution is 2.26. The largest absolute Gasteiger partial charge is 0.484 e. The van der Waals surface area contributed by atoms with Crippen molar-refractivity contribution < 1.29 is 9.53 Å². The lowest BCUT2D eigenvalue weighted by molar-refractivity contribution is -0.123. The van der Waals surface area contributed by atoms with Gasteiger partial charge in [-0.25, -0.2) is 0 Å². The SMILES string of the molecule is C[C@H](NC(=O)COc1ccc(Cl)c(Cl)c1)c1cccc(Cl)c1. The Morgan fingerprint density at radius 3 is 2.59 bits per heavy atom. The van der Waals surface area contributed by atoms with Crippen LogP contribution in [0.4, 0.5) is 0 Å². The molecule has 0 aliphatic rings. The second-order valence-electron chi connectivity index (χ2n) is 4.71. The van der Waals surface area contributed by atoms with Crippen LogP contribution in [0.3, 0.4) is 0 Å². The summed E-state index contributed by atoms with van der Waals surface area (Å²) in [5.74, 6) is 0.249. The van der Waals surface area contributed by atoms with Crippen LogP contribution in [0.15, 0.2) is 42.5 Å². The molecule has 0 fully saturated rings. The van der Waals surface area contributed by atoms with E-state index in [1.165, 1.54) is 0 Å². The molecule has 2 aromatic carbocycles. The average molecular weight is 359 g/mol. The highest BCUT2D eigenvalue weighted by atomic mass is 35.5. The summed E-state index contributed by atoms with van der Waals surface area (Å²) < 4.78 is 5.38. The van der Waals surface area contributed by atoms with Gasteiger partial charge in [0.05, 0.1) is 16.1 Å². The molecule has 1 atom stereocenters. The summed E-state index contributed by atoms with van der Waals surface area (Å²) in [5.41, 5.74) is 0.926. The van der Waals surface area contributed by atoms with Crippen LogP contribution >= 0.6 is 34.8 Å². The van der Waals surface area contributed by atoms with Gasteiger partial charge in [-0.15, -0.1) is 0 Å². The first-order valence-electron chi connectivity index (χ1n) is 6.58. The Balaban J connectivity index is 1.88. The molecule has 116 valence electrons. The molecule has 0 saturated carbocycles. The van der Waals surface area contributed by atoms with Gasteiger partial charge in [0.15, 0.2) is 6.61 Å². The summed E-state index contributed by atoms with van der Waals surface area (Å²) in [5, 5.41) is 4.29. The minimum atomic E-state index is -0.237. The van der Waals surface area contributed by atoms with E-state index in [2.05, 4.69) is 5.32 Å². The third-order valence-electron chi connectivity index (χ3n) is 2.99. The molecule has 0 saturated heterocycles. The minimum Gasteiger partial charge on any atom is -0.484 e. The number of hydrogen-bond acceptors (Lipinski definition) is 2. The van der Waals surface area contributed by atoms with E-state index in [0.29, 0.717) is 20.8 Å². The molecule has 0 heterocycles. The molecule has 2 rings (SSSR count). The lowest BCUT2D eigenvalue weighted by Crippen LogP contribution is -2.31. The second-order valence-corrected chi connectivity index (χ2v) is 5.96. The van der Waals surface area contributed by atoms with Crippen LogP contribution in [0.2, 0.25) is 15.1 Å². The highest BCUT2D eigenvalue weighted by molar-refractivity contribution is 6.42. The van der Waals surface area contributed by atoms with Gasteiger partial charge in [-0.05, 0) is 36.8 Å². The van der Waals surface area contributed by atoms with E-state index >= 15 is 0 Å². The van der Waals surface area contributed by atoms with Crippen molar-refractivity contribution in [2.75, 3.05) is 6.61 Å². The number of carbonyl (C=O) groups excluding carboxylic acids is 1. The van der Waals surface area contributed by atoms with Crippen LogP contribution in [0.25, 0.3) is 0 Å². The fraction of sp³-hybridized carbons (Fsp3) is 0.188. The monoisotopic (exact) mass is 357 g/mol. The number of rotatable bonds is 5. The Labute approximate surface area is 144 Å². The third kappa shape index (κ3) is 4.80. The molecule has 0 spiro atoms. The van der Waals surface area contributed by atoms with Gasteiger partial charge in [0, 0.05) is 11.1 Å². The van der Waals surface area contributed by atoms with Gasteiger partial charge in [-0.2, -0.15) is 0 Å². The van der Waals surface area contributed by atoms with Crippen LogP contribution in [-0.4, -0.2) is 12.5 Å². The minimum absolute atomic E-state index is 0.108. The van der Waals surface area contributed by atoms with Gasteiger partial charge in [0.1, 0.15) is 5.75 Å². The van der Waals surface area contributed by atoms with Crippen molar-refractivity contribution >= 4 is 40.7 Å². The Morgan fingerprint density at radius 1 is 1.14 bits per heavy atom. The molecule has 0 radical (unpaired) electrons. The highest BCUT2D eigenvalue weighted by Gasteiger charge is 2.11. The summed E-state index contributed by atoms with van der Waals surface area (Å²) in [6, 6.07) is 12.0. The first-order chi connectivity index (χ1) is 10.5. The Kier molecular flexibility index (Phi) is 5.95. The predicted octanol–water partition coefficient (Wildman–Crippen LogP) is 4.90. The van der Waals surface area contributed by atoms with E-state index in [0.717, 1.165) is 5.56 Å². The van der Waals surface area contributed by atoms with Crippen LogP contribution in [-0.2, 0) is 4.79 Å². The van der Waals surface area contributed by atoms with Crippen LogP contribution in [0, 0.1) is 0 Å². The summed E-state index contributed by atoms with van der Waals surface area (Å²) >= 11 is 17.6. The fourth-order valence-electron chi connectivity index (χ4n) is 1.86. The average Bonchev–Trinajstić information content (AvgIpc) is 2.48. The summed E-state index contributed by atoms with van der Waals surface area (Å²) in [7, 11) is 0. The molecule has 0 aromatic heterocycles. The van der Waals surface area contributed by atoms with Crippen molar-refractivity contribution in [3.63, 3.8) is 0 Å². The first-order valence-corrected chi connectivity index (χ1v) is 7.72. The Morgan fingerprint density at radius 2 is 1.91 bits per heavy atom. The molecule has 0 aliphatic carbocycles. The van der Waals surface area contributed by atoms with Crippen LogP contribution in [0.1, 0.15) is 18.5 Å². The third-order valence-corrected chi connectivity index (χ3v) is 3.96. The van der Waals surface area contributed by atoms with Gasteiger partial charge in [0.25, 0.3) is 5.91 Å². The van der Waals surface area contributed by atoms with E-state index in [4.69, 9.17) is 39.5 Å².